The highest BCUT2D eigenvalue weighted by Gasteiger charge is 2.40. The van der Waals surface area contributed by atoms with E-state index < -0.39 is 30.1 Å². The van der Waals surface area contributed by atoms with Crippen LogP contribution in [-0.4, -0.2) is 48.6 Å². The summed E-state index contributed by atoms with van der Waals surface area (Å²) in [4.78, 5) is 25.1. The van der Waals surface area contributed by atoms with Crippen LogP contribution in [0.2, 0.25) is 0 Å². The quantitative estimate of drug-likeness (QED) is 0.803. The first-order chi connectivity index (χ1) is 13.2. The average Bonchev–Trinajstić information content (AvgIpc) is 3.14. The monoisotopic (exact) mass is 395 g/mol. The van der Waals surface area contributed by atoms with E-state index in [1.54, 1.807) is 24.3 Å². The van der Waals surface area contributed by atoms with Crippen molar-refractivity contribution in [3.8, 4) is 11.8 Å². The van der Waals surface area contributed by atoms with Gasteiger partial charge in [0.05, 0.1) is 25.6 Å². The highest BCUT2D eigenvalue weighted by Crippen LogP contribution is 2.20. The molecule has 150 valence electrons. The number of benzene rings is 1. The van der Waals surface area contributed by atoms with Crippen molar-refractivity contribution in [3.05, 3.63) is 35.9 Å². The molecule has 1 unspecified atom stereocenters. The Morgan fingerprint density at radius 3 is 2.86 bits per heavy atom. The van der Waals surface area contributed by atoms with Gasteiger partial charge < -0.3 is 15.0 Å². The van der Waals surface area contributed by atoms with Crippen LogP contribution in [-0.2, 0) is 9.59 Å². The molecule has 1 saturated heterocycles. The maximum Gasteiger partial charge on any atom is 0.471 e. The third-order valence-electron chi connectivity index (χ3n) is 4.31. The van der Waals surface area contributed by atoms with Crippen LogP contribution in [0.15, 0.2) is 30.3 Å². The summed E-state index contributed by atoms with van der Waals surface area (Å²) in [6.45, 7) is 0.372. The van der Waals surface area contributed by atoms with E-state index in [0.717, 1.165) is 0 Å². The van der Waals surface area contributed by atoms with E-state index in [0.29, 0.717) is 30.7 Å². The molecule has 28 heavy (non-hydrogen) atoms. The van der Waals surface area contributed by atoms with Crippen LogP contribution in [0.4, 0.5) is 13.2 Å². The van der Waals surface area contributed by atoms with Gasteiger partial charge in [-0.2, -0.15) is 18.4 Å². The maximum absolute atomic E-state index is 12.6. The van der Waals surface area contributed by atoms with Crippen molar-refractivity contribution < 1.29 is 27.5 Å². The Kier molecular flexibility index (Phi) is 7.04. The maximum atomic E-state index is 12.6. The third kappa shape index (κ3) is 5.74. The molecule has 1 heterocycles. The molecule has 0 spiro atoms. The van der Waals surface area contributed by atoms with Gasteiger partial charge in [0.15, 0.2) is 0 Å². The summed E-state index contributed by atoms with van der Waals surface area (Å²) >= 11 is 0. The predicted octanol–water partition coefficient (Wildman–Crippen LogP) is 2.66. The zero-order valence-electron chi connectivity index (χ0n) is 15.2. The van der Waals surface area contributed by atoms with Gasteiger partial charge in [-0.1, -0.05) is 24.3 Å². The van der Waals surface area contributed by atoms with Gasteiger partial charge in [0.1, 0.15) is 11.8 Å². The normalized spacial score (nSPS) is 18.0. The number of nitrogens with zero attached hydrogens (tertiary/aromatic N) is 2. The van der Waals surface area contributed by atoms with E-state index in [2.05, 4.69) is 0 Å². The molecule has 9 heteroatoms. The topological polar surface area (TPSA) is 82.4 Å². The van der Waals surface area contributed by atoms with Gasteiger partial charge in [0, 0.05) is 6.54 Å². The number of carbonyl (C=O) groups is 2. The summed E-state index contributed by atoms with van der Waals surface area (Å²) < 4.78 is 43.0. The molecule has 0 aliphatic carbocycles. The summed E-state index contributed by atoms with van der Waals surface area (Å²) in [6, 6.07) is 7.02. The highest BCUT2D eigenvalue weighted by molar-refractivity contribution is 5.84. The molecule has 0 saturated carbocycles. The Morgan fingerprint density at radius 1 is 1.46 bits per heavy atom. The lowest BCUT2D eigenvalue weighted by molar-refractivity contribution is -0.174. The van der Waals surface area contributed by atoms with Crippen LogP contribution in [0.1, 0.15) is 24.8 Å². The number of ether oxygens (including phenoxy) is 1. The van der Waals surface area contributed by atoms with Gasteiger partial charge in [-0.15, -0.1) is 0 Å². The number of halogens is 3. The van der Waals surface area contributed by atoms with Crippen molar-refractivity contribution in [2.24, 2.45) is 0 Å². The molecule has 2 atom stereocenters. The number of hydrogen-bond donors (Lipinski definition) is 1. The van der Waals surface area contributed by atoms with Gasteiger partial charge >= 0.3 is 12.1 Å². The first-order valence-corrected chi connectivity index (χ1v) is 8.63. The number of nitrogens with one attached hydrogen (secondary N) is 1. The van der Waals surface area contributed by atoms with Crippen LogP contribution >= 0.6 is 0 Å². The van der Waals surface area contributed by atoms with Crippen LogP contribution in [0.25, 0.3) is 6.08 Å². The van der Waals surface area contributed by atoms with Gasteiger partial charge in [0.25, 0.3) is 0 Å². The molecular formula is C19H20F3N3O3. The Labute approximate surface area is 160 Å². The molecule has 0 aromatic heterocycles. The van der Waals surface area contributed by atoms with Crippen LogP contribution in [0.3, 0.4) is 0 Å². The number of carbonyl (C=O) groups excluding carboxylic acids is 2. The van der Waals surface area contributed by atoms with E-state index in [-0.39, 0.29) is 6.42 Å². The summed E-state index contributed by atoms with van der Waals surface area (Å²) in [5.41, 5.74) is 0.633. The lowest BCUT2D eigenvalue weighted by Gasteiger charge is -2.23. The van der Waals surface area contributed by atoms with Gasteiger partial charge in [0.2, 0.25) is 5.91 Å². The van der Waals surface area contributed by atoms with Crippen molar-refractivity contribution in [2.45, 2.75) is 37.5 Å². The van der Waals surface area contributed by atoms with Crippen LogP contribution < -0.4 is 10.1 Å². The molecule has 2 amide bonds. The van der Waals surface area contributed by atoms with Crippen LogP contribution in [0, 0.1) is 11.3 Å². The molecule has 1 fully saturated rings. The zero-order valence-corrected chi connectivity index (χ0v) is 15.2. The first kappa shape index (κ1) is 21.3. The van der Waals surface area contributed by atoms with E-state index in [4.69, 9.17) is 10.00 Å². The van der Waals surface area contributed by atoms with Gasteiger partial charge in [-0.25, -0.2) is 0 Å². The van der Waals surface area contributed by atoms with Crippen molar-refractivity contribution >= 4 is 17.9 Å². The molecule has 2 rings (SSSR count). The van der Waals surface area contributed by atoms with Crippen molar-refractivity contribution in [1.29, 1.82) is 5.26 Å². The van der Waals surface area contributed by atoms with Crippen LogP contribution in [0.5, 0.6) is 5.75 Å². The van der Waals surface area contributed by atoms with E-state index in [9.17, 15) is 22.8 Å². The number of alkyl halides is 3. The minimum absolute atomic E-state index is 0.372. The van der Waals surface area contributed by atoms with E-state index in [1.807, 2.05) is 11.4 Å². The Balaban J connectivity index is 2.16. The molecular weight excluding hydrogens is 375 g/mol. The zero-order chi connectivity index (χ0) is 20.7. The fraction of sp³-hybridized carbons (Fsp3) is 0.421. The van der Waals surface area contributed by atoms with Gasteiger partial charge in [-0.05, 0) is 30.5 Å². The van der Waals surface area contributed by atoms with Crippen molar-refractivity contribution in [1.82, 2.24) is 10.2 Å². The van der Waals surface area contributed by atoms with Crippen molar-refractivity contribution in [3.63, 3.8) is 0 Å². The number of likely N-dealkylation sites (tertiary alicyclic amines) is 1. The number of nitriles is 1. The highest BCUT2D eigenvalue weighted by atomic mass is 19.4. The summed E-state index contributed by atoms with van der Waals surface area (Å²) in [5.74, 6) is -2.05. The lowest BCUT2D eigenvalue weighted by Crippen LogP contribution is -2.45. The molecule has 6 nitrogen and oxygen atoms in total. The van der Waals surface area contributed by atoms with Gasteiger partial charge in [-0.3, -0.25) is 9.59 Å². The number of methoxy groups -OCH3 is 1. The molecule has 1 N–H and O–H groups in total. The summed E-state index contributed by atoms with van der Waals surface area (Å²) in [6.07, 6.45) is -1.42. The third-order valence-corrected chi connectivity index (χ3v) is 4.31. The Bertz CT molecular complexity index is 787. The second-order valence-electron chi connectivity index (χ2n) is 6.29. The molecule has 0 radical (unpaired) electrons. The fourth-order valence-corrected chi connectivity index (χ4v) is 2.89. The Hall–Kier alpha value is -3.02. The Morgan fingerprint density at radius 2 is 2.21 bits per heavy atom. The average molecular weight is 395 g/mol. The SMILES string of the molecule is COc1cccc(C=CC(CC(=O)N2CCC[C@H]2C#N)NC(=O)C(F)(F)F)c1. The largest absolute Gasteiger partial charge is 0.497 e. The molecule has 0 bridgehead atoms. The second kappa shape index (κ2) is 9.26. The predicted molar refractivity (Wildman–Crippen MR) is 95.0 cm³/mol. The number of rotatable bonds is 6. The molecule has 1 aliphatic heterocycles. The lowest BCUT2D eigenvalue weighted by atomic mass is 10.1. The second-order valence-corrected chi connectivity index (χ2v) is 6.29. The molecule has 1 aromatic rings. The minimum atomic E-state index is -5.06. The van der Waals surface area contributed by atoms with Crippen molar-refractivity contribution in [2.75, 3.05) is 13.7 Å². The standard InChI is InChI=1S/C19H20F3N3O3/c1-28-16-6-2-4-13(10-16)7-8-14(24-18(27)19(20,21)22)11-17(26)25-9-3-5-15(25)12-23/h2,4,6-8,10,14-15H,3,5,9,11H2,1H3,(H,24,27)/t14?,15-/m0/s1. The minimum Gasteiger partial charge on any atom is -0.497 e. The number of hydrogen-bond acceptors (Lipinski definition) is 4. The first-order valence-electron chi connectivity index (χ1n) is 8.63. The smallest absolute Gasteiger partial charge is 0.471 e. The summed E-state index contributed by atoms with van der Waals surface area (Å²) in [7, 11) is 1.48. The molecule has 1 aliphatic rings. The summed E-state index contributed by atoms with van der Waals surface area (Å²) in [5, 5.41) is 10.9. The van der Waals surface area contributed by atoms with E-state index >= 15 is 0 Å². The molecule has 1 aromatic carbocycles. The number of amides is 2. The fourth-order valence-electron chi connectivity index (χ4n) is 2.89. The van der Waals surface area contributed by atoms with E-state index in [1.165, 1.54) is 24.2 Å².